The monoisotopic (exact) mass is 182 g/mol. The van der Waals surface area contributed by atoms with Crippen molar-refractivity contribution in [3.05, 3.63) is 0 Å². The maximum atomic E-state index is 5.62. The third-order valence-electron chi connectivity index (χ3n) is 2.38. The van der Waals surface area contributed by atoms with Gasteiger partial charge in [-0.25, -0.2) is 0 Å². The molecule has 3 heteroatoms. The molecule has 1 aliphatic rings. The lowest BCUT2D eigenvalue weighted by Gasteiger charge is -2.28. The van der Waals surface area contributed by atoms with E-state index in [0.717, 1.165) is 19.4 Å². The first kappa shape index (κ1) is 10.5. The molecule has 2 unspecified atom stereocenters. The van der Waals surface area contributed by atoms with Crippen LogP contribution in [0.2, 0.25) is 0 Å². The summed E-state index contributed by atoms with van der Waals surface area (Å²) in [5, 5.41) is 0. The van der Waals surface area contributed by atoms with Gasteiger partial charge < -0.3 is 4.74 Å². The van der Waals surface area contributed by atoms with Gasteiger partial charge in [-0.2, -0.15) is 0 Å². The highest BCUT2D eigenvalue weighted by atomic mass is 16.5. The Morgan fingerprint density at radius 1 is 1.62 bits per heavy atom. The molecule has 1 heterocycles. The molecular formula is C10H18N2O. The molecule has 3 N–H and O–H groups in total. The Morgan fingerprint density at radius 3 is 3.00 bits per heavy atom. The van der Waals surface area contributed by atoms with Crippen LogP contribution in [0.4, 0.5) is 0 Å². The predicted octanol–water partition coefficient (Wildman–Crippen LogP) is 0.801. The van der Waals surface area contributed by atoms with Crippen molar-refractivity contribution in [3.63, 3.8) is 0 Å². The second-order valence-electron chi connectivity index (χ2n) is 3.31. The van der Waals surface area contributed by atoms with Crippen LogP contribution in [0.15, 0.2) is 0 Å². The summed E-state index contributed by atoms with van der Waals surface area (Å²) in [5.74, 6) is 11.3. The molecule has 1 aliphatic heterocycles. The zero-order valence-electron chi connectivity index (χ0n) is 8.18. The molecule has 0 aliphatic carbocycles. The lowest BCUT2D eigenvalue weighted by Crippen LogP contribution is -2.46. The van der Waals surface area contributed by atoms with Crippen molar-refractivity contribution in [1.82, 2.24) is 5.43 Å². The van der Waals surface area contributed by atoms with E-state index >= 15 is 0 Å². The van der Waals surface area contributed by atoms with Crippen LogP contribution in [0.3, 0.4) is 0 Å². The Kier molecular flexibility index (Phi) is 4.84. The van der Waals surface area contributed by atoms with Crippen molar-refractivity contribution in [3.8, 4) is 11.8 Å². The molecule has 0 saturated carbocycles. The zero-order chi connectivity index (χ0) is 9.52. The standard InChI is InChI=1S/C10H18N2O/c1-2-3-6-9(12-11)10-7-4-5-8-13-10/h9-10,12H,4-8,11H2,1H3. The van der Waals surface area contributed by atoms with E-state index in [0.29, 0.717) is 0 Å². The topological polar surface area (TPSA) is 47.3 Å². The molecule has 0 amide bonds. The molecule has 0 radical (unpaired) electrons. The van der Waals surface area contributed by atoms with E-state index < -0.39 is 0 Å². The van der Waals surface area contributed by atoms with Gasteiger partial charge in [-0.1, -0.05) is 0 Å². The summed E-state index contributed by atoms with van der Waals surface area (Å²) in [6.45, 7) is 2.71. The minimum Gasteiger partial charge on any atom is -0.377 e. The van der Waals surface area contributed by atoms with Crippen LogP contribution in [-0.2, 0) is 4.74 Å². The molecule has 1 rings (SSSR count). The van der Waals surface area contributed by atoms with Crippen molar-refractivity contribution in [2.24, 2.45) is 5.84 Å². The molecule has 0 bridgehead atoms. The van der Waals surface area contributed by atoms with Crippen molar-refractivity contribution < 1.29 is 4.74 Å². The van der Waals surface area contributed by atoms with Gasteiger partial charge >= 0.3 is 0 Å². The van der Waals surface area contributed by atoms with E-state index in [1.807, 2.05) is 6.92 Å². The molecule has 0 spiro atoms. The zero-order valence-corrected chi connectivity index (χ0v) is 8.18. The third-order valence-corrected chi connectivity index (χ3v) is 2.38. The fourth-order valence-electron chi connectivity index (χ4n) is 1.59. The fraction of sp³-hybridized carbons (Fsp3) is 0.800. The molecule has 2 atom stereocenters. The fourth-order valence-corrected chi connectivity index (χ4v) is 1.59. The Morgan fingerprint density at radius 2 is 2.46 bits per heavy atom. The molecule has 0 aromatic carbocycles. The second kappa shape index (κ2) is 5.98. The summed E-state index contributed by atoms with van der Waals surface area (Å²) in [6.07, 6.45) is 4.53. The number of hydrogen-bond acceptors (Lipinski definition) is 3. The van der Waals surface area contributed by atoms with Gasteiger partial charge in [0.1, 0.15) is 0 Å². The highest BCUT2D eigenvalue weighted by molar-refractivity contribution is 4.99. The molecule has 1 saturated heterocycles. The summed E-state index contributed by atoms with van der Waals surface area (Å²) in [6, 6.07) is 0.188. The lowest BCUT2D eigenvalue weighted by atomic mass is 10.0. The van der Waals surface area contributed by atoms with Gasteiger partial charge in [0.25, 0.3) is 0 Å². The van der Waals surface area contributed by atoms with Gasteiger partial charge in [-0.3, -0.25) is 11.3 Å². The average Bonchev–Trinajstić information content (AvgIpc) is 2.21. The first-order chi connectivity index (χ1) is 6.38. The summed E-state index contributed by atoms with van der Waals surface area (Å²) in [5.41, 5.74) is 2.78. The molecule has 3 nitrogen and oxygen atoms in total. The van der Waals surface area contributed by atoms with E-state index in [9.17, 15) is 0 Å². The van der Waals surface area contributed by atoms with Gasteiger partial charge in [0.05, 0.1) is 12.1 Å². The Hall–Kier alpha value is -0.560. The number of hydrogen-bond donors (Lipinski definition) is 2. The number of hydrazine groups is 1. The summed E-state index contributed by atoms with van der Waals surface area (Å²) >= 11 is 0. The smallest absolute Gasteiger partial charge is 0.0750 e. The maximum absolute atomic E-state index is 5.62. The van der Waals surface area contributed by atoms with Crippen molar-refractivity contribution in [2.45, 2.75) is 44.8 Å². The predicted molar refractivity (Wildman–Crippen MR) is 52.8 cm³/mol. The van der Waals surface area contributed by atoms with E-state index in [-0.39, 0.29) is 12.1 Å². The van der Waals surface area contributed by atoms with E-state index in [4.69, 9.17) is 10.6 Å². The average molecular weight is 182 g/mol. The van der Waals surface area contributed by atoms with Crippen molar-refractivity contribution in [1.29, 1.82) is 0 Å². The van der Waals surface area contributed by atoms with E-state index in [1.165, 1.54) is 12.8 Å². The lowest BCUT2D eigenvalue weighted by molar-refractivity contribution is -0.00645. The number of ether oxygens (including phenoxy) is 1. The van der Waals surface area contributed by atoms with Crippen LogP contribution in [-0.4, -0.2) is 18.8 Å². The molecular weight excluding hydrogens is 164 g/mol. The van der Waals surface area contributed by atoms with Gasteiger partial charge in [0.15, 0.2) is 0 Å². The molecule has 13 heavy (non-hydrogen) atoms. The summed E-state index contributed by atoms with van der Waals surface area (Å²) in [4.78, 5) is 0. The SMILES string of the molecule is CC#CCC(NN)C1CCCCO1. The quantitative estimate of drug-likeness (QED) is 0.385. The first-order valence-corrected chi connectivity index (χ1v) is 4.86. The third kappa shape index (κ3) is 3.35. The highest BCUT2D eigenvalue weighted by Crippen LogP contribution is 2.16. The van der Waals surface area contributed by atoms with E-state index in [1.54, 1.807) is 0 Å². The Labute approximate surface area is 80.0 Å². The van der Waals surface area contributed by atoms with E-state index in [2.05, 4.69) is 17.3 Å². The minimum atomic E-state index is 0.188. The van der Waals surface area contributed by atoms with Gasteiger partial charge in [0.2, 0.25) is 0 Å². The summed E-state index contributed by atoms with van der Waals surface area (Å²) in [7, 11) is 0. The molecule has 0 aromatic rings. The van der Waals surface area contributed by atoms with Crippen LogP contribution in [0.1, 0.15) is 32.6 Å². The number of rotatable bonds is 3. The minimum absolute atomic E-state index is 0.188. The van der Waals surface area contributed by atoms with Crippen molar-refractivity contribution >= 4 is 0 Å². The molecule has 1 fully saturated rings. The number of nitrogens with one attached hydrogen (secondary N) is 1. The van der Waals surface area contributed by atoms with Crippen LogP contribution in [0.25, 0.3) is 0 Å². The van der Waals surface area contributed by atoms with Gasteiger partial charge in [0, 0.05) is 13.0 Å². The second-order valence-corrected chi connectivity index (χ2v) is 3.31. The molecule has 0 aromatic heterocycles. The van der Waals surface area contributed by atoms with Crippen LogP contribution in [0, 0.1) is 11.8 Å². The van der Waals surface area contributed by atoms with Crippen LogP contribution >= 0.6 is 0 Å². The first-order valence-electron chi connectivity index (χ1n) is 4.86. The Bertz CT molecular complexity index is 189. The number of nitrogens with two attached hydrogens (primary N) is 1. The molecule has 74 valence electrons. The van der Waals surface area contributed by atoms with Crippen LogP contribution < -0.4 is 11.3 Å². The summed E-state index contributed by atoms with van der Waals surface area (Å²) < 4.78 is 5.62. The largest absolute Gasteiger partial charge is 0.377 e. The van der Waals surface area contributed by atoms with Gasteiger partial charge in [-0.05, 0) is 26.2 Å². The highest BCUT2D eigenvalue weighted by Gasteiger charge is 2.22. The van der Waals surface area contributed by atoms with Crippen LogP contribution in [0.5, 0.6) is 0 Å². The van der Waals surface area contributed by atoms with Crippen molar-refractivity contribution in [2.75, 3.05) is 6.61 Å². The Balaban J connectivity index is 2.37. The normalized spacial score (nSPS) is 24.6. The maximum Gasteiger partial charge on any atom is 0.0750 e. The van der Waals surface area contributed by atoms with Gasteiger partial charge in [-0.15, -0.1) is 11.8 Å².